The minimum atomic E-state index is -4.48. The van der Waals surface area contributed by atoms with Crippen LogP contribution < -0.4 is 0 Å². The molecule has 0 unspecified atom stereocenters. The highest BCUT2D eigenvalue weighted by Gasteiger charge is 2.36. The Bertz CT molecular complexity index is 501. The number of aryl methyl sites for hydroxylation is 1. The van der Waals surface area contributed by atoms with Crippen LogP contribution in [0, 0.1) is 0 Å². The van der Waals surface area contributed by atoms with E-state index in [0.29, 0.717) is 17.3 Å². The van der Waals surface area contributed by atoms with Crippen molar-refractivity contribution in [3.63, 3.8) is 0 Å². The van der Waals surface area contributed by atoms with Gasteiger partial charge in [0.1, 0.15) is 0 Å². The van der Waals surface area contributed by atoms with Crippen LogP contribution in [-0.2, 0) is 6.42 Å². The van der Waals surface area contributed by atoms with E-state index in [-0.39, 0.29) is 11.1 Å². The minimum absolute atomic E-state index is 0.172. The molecule has 20 heavy (non-hydrogen) atoms. The van der Waals surface area contributed by atoms with Gasteiger partial charge in [-0.15, -0.1) is 11.8 Å². The molecule has 0 radical (unpaired) electrons. The van der Waals surface area contributed by atoms with E-state index in [9.17, 15) is 18.3 Å². The summed E-state index contributed by atoms with van der Waals surface area (Å²) in [6, 6.07) is 7.15. The molecule has 0 aliphatic carbocycles. The number of aliphatic hydroxyl groups excluding tert-OH is 1. The normalized spacial score (nSPS) is 13.1. The molecule has 0 spiro atoms. The van der Waals surface area contributed by atoms with Crippen molar-refractivity contribution in [1.82, 2.24) is 0 Å². The minimum Gasteiger partial charge on any atom is -0.392 e. The highest BCUT2D eigenvalue weighted by atomic mass is 32.2. The highest BCUT2D eigenvalue weighted by Crippen LogP contribution is 2.39. The van der Waals surface area contributed by atoms with Crippen molar-refractivity contribution in [2.45, 2.75) is 19.5 Å². The summed E-state index contributed by atoms with van der Waals surface area (Å²) < 4.78 is 38.8. The molecule has 5 heteroatoms. The third-order valence-corrected chi connectivity index (χ3v) is 3.85. The number of rotatable bonds is 5. The molecular weight excluding hydrogens is 285 g/mol. The van der Waals surface area contributed by atoms with Crippen LogP contribution in [0.2, 0.25) is 0 Å². The molecule has 110 valence electrons. The predicted molar refractivity (Wildman–Crippen MR) is 78.5 cm³/mol. The van der Waals surface area contributed by atoms with Crippen molar-refractivity contribution in [1.29, 1.82) is 0 Å². The van der Waals surface area contributed by atoms with E-state index in [0.717, 1.165) is 12.0 Å². The van der Waals surface area contributed by atoms with Gasteiger partial charge in [-0.25, -0.2) is 0 Å². The SMILES string of the molecule is C=C(/C(CO)=C(\SC)C(F)(F)F)c1ccc(CC)cc1. The van der Waals surface area contributed by atoms with Crippen LogP contribution >= 0.6 is 11.8 Å². The third-order valence-electron chi connectivity index (χ3n) is 2.97. The van der Waals surface area contributed by atoms with Crippen molar-refractivity contribution in [2.75, 3.05) is 12.9 Å². The maximum atomic E-state index is 12.9. The first-order valence-corrected chi connectivity index (χ1v) is 7.31. The molecule has 0 aliphatic rings. The maximum absolute atomic E-state index is 12.9. The molecule has 0 bridgehead atoms. The number of thioether (sulfide) groups is 1. The maximum Gasteiger partial charge on any atom is 0.422 e. The monoisotopic (exact) mass is 302 g/mol. The Morgan fingerprint density at radius 2 is 1.80 bits per heavy atom. The average Bonchev–Trinajstić information content (AvgIpc) is 2.42. The lowest BCUT2D eigenvalue weighted by molar-refractivity contribution is -0.0844. The lowest BCUT2D eigenvalue weighted by atomic mass is 9.98. The van der Waals surface area contributed by atoms with Gasteiger partial charge in [0.15, 0.2) is 0 Å². The highest BCUT2D eigenvalue weighted by molar-refractivity contribution is 8.02. The van der Waals surface area contributed by atoms with E-state index < -0.39 is 17.7 Å². The molecule has 0 aliphatic heterocycles. The number of allylic oxidation sites excluding steroid dienone is 1. The Kier molecular flexibility index (Phi) is 5.89. The van der Waals surface area contributed by atoms with Crippen molar-refractivity contribution in [3.05, 3.63) is 52.4 Å². The van der Waals surface area contributed by atoms with Crippen molar-refractivity contribution in [2.24, 2.45) is 0 Å². The molecule has 0 atom stereocenters. The molecule has 1 N–H and O–H groups in total. The molecule has 1 nitrogen and oxygen atoms in total. The summed E-state index contributed by atoms with van der Waals surface area (Å²) in [5, 5.41) is 9.29. The first-order valence-electron chi connectivity index (χ1n) is 6.08. The van der Waals surface area contributed by atoms with Crippen LogP contribution in [-0.4, -0.2) is 24.1 Å². The quantitative estimate of drug-likeness (QED) is 0.812. The Labute approximate surface area is 121 Å². The Balaban J connectivity index is 3.23. The van der Waals surface area contributed by atoms with Crippen molar-refractivity contribution >= 4 is 17.3 Å². The summed E-state index contributed by atoms with van der Waals surface area (Å²) in [6.07, 6.45) is -2.29. The van der Waals surface area contributed by atoms with Gasteiger partial charge in [-0.3, -0.25) is 0 Å². The molecule has 1 rings (SSSR count). The Morgan fingerprint density at radius 3 is 2.15 bits per heavy atom. The number of halogens is 3. The van der Waals surface area contributed by atoms with E-state index in [2.05, 4.69) is 6.58 Å². The molecule has 0 aromatic heterocycles. The number of hydrogen-bond acceptors (Lipinski definition) is 2. The zero-order valence-corrected chi connectivity index (χ0v) is 12.2. The van der Waals surface area contributed by atoms with Gasteiger partial charge in [-0.05, 0) is 29.4 Å². The lowest BCUT2D eigenvalue weighted by Crippen LogP contribution is -2.14. The topological polar surface area (TPSA) is 20.2 Å². The van der Waals surface area contributed by atoms with Gasteiger partial charge in [0.05, 0.1) is 11.5 Å². The number of benzene rings is 1. The summed E-state index contributed by atoms with van der Waals surface area (Å²) in [6.45, 7) is 5.01. The lowest BCUT2D eigenvalue weighted by Gasteiger charge is -2.17. The van der Waals surface area contributed by atoms with Crippen LogP contribution in [0.15, 0.2) is 41.3 Å². The second-order valence-electron chi connectivity index (χ2n) is 4.20. The standard InChI is InChI=1S/C15H17F3OS/c1-4-11-5-7-12(8-6-11)10(2)13(9-19)14(20-3)15(16,17)18/h5-8,19H,2,4,9H2,1,3H3/b14-13-. The fourth-order valence-corrected chi connectivity index (χ4v) is 2.50. The van der Waals surface area contributed by atoms with Crippen LogP contribution in [0.5, 0.6) is 0 Å². The molecule has 0 saturated carbocycles. The summed E-state index contributed by atoms with van der Waals surface area (Å²) in [5.41, 5.74) is 1.71. The average molecular weight is 302 g/mol. The molecule has 1 aromatic rings. The largest absolute Gasteiger partial charge is 0.422 e. The van der Waals surface area contributed by atoms with Crippen LogP contribution in [0.3, 0.4) is 0 Å². The van der Waals surface area contributed by atoms with Gasteiger partial charge >= 0.3 is 6.18 Å². The first kappa shape index (κ1) is 16.9. The van der Waals surface area contributed by atoms with Gasteiger partial charge in [-0.1, -0.05) is 37.8 Å². The Hall–Kier alpha value is -1.20. The molecule has 1 aromatic carbocycles. The number of aliphatic hydroxyl groups is 1. The van der Waals surface area contributed by atoms with Gasteiger partial charge in [0.2, 0.25) is 0 Å². The molecular formula is C15H17F3OS. The summed E-state index contributed by atoms with van der Waals surface area (Å²) in [4.78, 5) is -0.801. The fraction of sp³-hybridized carbons (Fsp3) is 0.333. The van der Waals surface area contributed by atoms with E-state index in [4.69, 9.17) is 0 Å². The van der Waals surface area contributed by atoms with Gasteiger partial charge < -0.3 is 5.11 Å². The van der Waals surface area contributed by atoms with E-state index >= 15 is 0 Å². The zero-order valence-electron chi connectivity index (χ0n) is 11.4. The molecule has 0 fully saturated rings. The van der Waals surface area contributed by atoms with Crippen molar-refractivity contribution in [3.8, 4) is 0 Å². The van der Waals surface area contributed by atoms with Gasteiger partial charge in [0.25, 0.3) is 0 Å². The smallest absolute Gasteiger partial charge is 0.392 e. The van der Waals surface area contributed by atoms with E-state index in [1.807, 2.05) is 19.1 Å². The van der Waals surface area contributed by atoms with Crippen LogP contribution in [0.25, 0.3) is 5.57 Å². The second kappa shape index (κ2) is 6.99. The second-order valence-corrected chi connectivity index (χ2v) is 5.01. The van der Waals surface area contributed by atoms with Crippen LogP contribution in [0.4, 0.5) is 13.2 Å². The first-order chi connectivity index (χ1) is 9.35. The predicted octanol–water partition coefficient (Wildman–Crippen LogP) is 4.43. The molecule has 0 saturated heterocycles. The zero-order chi connectivity index (χ0) is 15.3. The molecule has 0 amide bonds. The fourth-order valence-electron chi connectivity index (χ4n) is 1.83. The van der Waals surface area contributed by atoms with Crippen LogP contribution in [0.1, 0.15) is 18.1 Å². The number of alkyl halides is 3. The van der Waals surface area contributed by atoms with Gasteiger partial charge in [-0.2, -0.15) is 13.2 Å². The summed E-state index contributed by atoms with van der Waals surface area (Å²) >= 11 is 0.574. The third kappa shape index (κ3) is 3.90. The van der Waals surface area contributed by atoms with Crippen molar-refractivity contribution < 1.29 is 18.3 Å². The Morgan fingerprint density at radius 1 is 1.25 bits per heavy atom. The van der Waals surface area contributed by atoms with E-state index in [1.54, 1.807) is 12.1 Å². The summed E-state index contributed by atoms with van der Waals surface area (Å²) in [7, 11) is 0. The van der Waals surface area contributed by atoms with Gasteiger partial charge in [0, 0.05) is 5.57 Å². The number of hydrogen-bond donors (Lipinski definition) is 1. The summed E-state index contributed by atoms with van der Waals surface area (Å²) in [5.74, 6) is 0. The molecule has 0 heterocycles. The van der Waals surface area contributed by atoms with E-state index in [1.165, 1.54) is 6.26 Å².